The predicted molar refractivity (Wildman–Crippen MR) is 65.8 cm³/mol. The van der Waals surface area contributed by atoms with Crippen LogP contribution in [-0.4, -0.2) is 18.1 Å². The summed E-state index contributed by atoms with van der Waals surface area (Å²) < 4.78 is 5.53. The number of aromatic nitrogens is 1. The number of pyridine rings is 1. The second-order valence-corrected chi connectivity index (χ2v) is 4.45. The average Bonchev–Trinajstić information content (AvgIpc) is 2.27. The topological polar surface area (TPSA) is 39.2 Å². The van der Waals surface area contributed by atoms with E-state index in [1.54, 1.807) is 6.07 Å². The first-order valence-electron chi connectivity index (χ1n) is 4.46. The molecule has 0 radical (unpaired) electrons. The summed E-state index contributed by atoms with van der Waals surface area (Å²) in [5.74, 6) is -0.495. The van der Waals surface area contributed by atoms with Crippen LogP contribution in [-0.2, 0) is 4.74 Å². The normalized spacial score (nSPS) is 10.4. The lowest BCUT2D eigenvalue weighted by atomic mass is 10.1. The average molecular weight is 301 g/mol. The summed E-state index contributed by atoms with van der Waals surface area (Å²) in [5, 5.41) is 1.84. The van der Waals surface area contributed by atoms with Crippen molar-refractivity contribution < 1.29 is 9.53 Å². The van der Waals surface area contributed by atoms with E-state index in [1.165, 1.54) is 7.11 Å². The first-order chi connectivity index (χ1) is 7.61. The van der Waals surface area contributed by atoms with Gasteiger partial charge in [-0.05, 0) is 23.6 Å². The molecule has 1 heterocycles. The third kappa shape index (κ3) is 2.03. The van der Waals surface area contributed by atoms with E-state index in [2.05, 4.69) is 25.7 Å². The minimum Gasteiger partial charge on any atom is -0.464 e. The Kier molecular flexibility index (Phi) is 3.12. The number of nitrogens with zero attached hydrogens (tertiary/aromatic N) is 1. The molecule has 1 aromatic carbocycles. The van der Waals surface area contributed by atoms with Gasteiger partial charge in [0.25, 0.3) is 0 Å². The SMILES string of the molecule is COC(=O)c1nc(Cl)cc2ccc(Br)cc12. The number of hydrogen-bond donors (Lipinski definition) is 0. The highest BCUT2D eigenvalue weighted by Gasteiger charge is 2.13. The maximum Gasteiger partial charge on any atom is 0.357 e. The predicted octanol–water partition coefficient (Wildman–Crippen LogP) is 3.44. The molecule has 16 heavy (non-hydrogen) atoms. The van der Waals surface area contributed by atoms with Crippen molar-refractivity contribution in [1.29, 1.82) is 0 Å². The van der Waals surface area contributed by atoms with Gasteiger partial charge in [-0.25, -0.2) is 9.78 Å². The molecule has 3 nitrogen and oxygen atoms in total. The van der Waals surface area contributed by atoms with Crippen molar-refractivity contribution in [3.05, 3.63) is 39.6 Å². The zero-order valence-corrected chi connectivity index (χ0v) is 10.7. The summed E-state index contributed by atoms with van der Waals surface area (Å²) >= 11 is 9.18. The van der Waals surface area contributed by atoms with Gasteiger partial charge in [-0.15, -0.1) is 0 Å². The molecule has 1 aromatic heterocycles. The number of ether oxygens (including phenoxy) is 1. The Morgan fingerprint density at radius 1 is 1.44 bits per heavy atom. The summed E-state index contributed by atoms with van der Waals surface area (Å²) in [6.45, 7) is 0. The minimum absolute atomic E-state index is 0.228. The fraction of sp³-hybridized carbons (Fsp3) is 0.0909. The number of benzene rings is 1. The van der Waals surface area contributed by atoms with Crippen molar-refractivity contribution in [2.75, 3.05) is 7.11 Å². The fourth-order valence-corrected chi connectivity index (χ4v) is 2.00. The van der Waals surface area contributed by atoms with E-state index in [4.69, 9.17) is 11.6 Å². The molecule has 0 saturated carbocycles. The van der Waals surface area contributed by atoms with Gasteiger partial charge in [0.1, 0.15) is 5.15 Å². The molecule has 2 rings (SSSR count). The molecular formula is C11H7BrClNO2. The highest BCUT2D eigenvalue weighted by molar-refractivity contribution is 9.10. The Hall–Kier alpha value is -1.13. The maximum atomic E-state index is 11.5. The molecule has 0 bridgehead atoms. The molecular weight excluding hydrogens is 293 g/mol. The van der Waals surface area contributed by atoms with E-state index in [9.17, 15) is 4.79 Å². The molecule has 0 spiro atoms. The third-order valence-electron chi connectivity index (χ3n) is 2.14. The number of rotatable bonds is 1. The van der Waals surface area contributed by atoms with Crippen LogP contribution < -0.4 is 0 Å². The van der Waals surface area contributed by atoms with E-state index in [-0.39, 0.29) is 10.8 Å². The number of fused-ring (bicyclic) bond motifs is 1. The molecule has 5 heteroatoms. The van der Waals surface area contributed by atoms with Crippen molar-refractivity contribution in [2.24, 2.45) is 0 Å². The van der Waals surface area contributed by atoms with Crippen LogP contribution in [0.25, 0.3) is 10.8 Å². The van der Waals surface area contributed by atoms with Gasteiger partial charge in [-0.3, -0.25) is 0 Å². The molecule has 0 aliphatic heterocycles. The number of carbonyl (C=O) groups is 1. The van der Waals surface area contributed by atoms with Gasteiger partial charge in [0.2, 0.25) is 0 Å². The molecule has 0 N–H and O–H groups in total. The highest BCUT2D eigenvalue weighted by Crippen LogP contribution is 2.25. The molecule has 0 atom stereocenters. The van der Waals surface area contributed by atoms with Crippen molar-refractivity contribution >= 4 is 44.3 Å². The summed E-state index contributed by atoms with van der Waals surface area (Å²) in [6, 6.07) is 7.25. The number of carbonyl (C=O) groups excluding carboxylic acids is 1. The number of esters is 1. The Morgan fingerprint density at radius 2 is 2.19 bits per heavy atom. The second-order valence-electron chi connectivity index (χ2n) is 3.15. The molecule has 82 valence electrons. The van der Waals surface area contributed by atoms with Crippen LogP contribution in [0.2, 0.25) is 5.15 Å². The molecule has 0 unspecified atom stereocenters. The summed E-state index contributed by atoms with van der Waals surface area (Å²) in [6.07, 6.45) is 0. The summed E-state index contributed by atoms with van der Waals surface area (Å²) in [7, 11) is 1.31. The second kappa shape index (κ2) is 4.39. The van der Waals surface area contributed by atoms with Crippen LogP contribution >= 0.6 is 27.5 Å². The third-order valence-corrected chi connectivity index (χ3v) is 2.83. The molecule has 2 aromatic rings. The first-order valence-corrected chi connectivity index (χ1v) is 5.63. The van der Waals surface area contributed by atoms with Gasteiger partial charge >= 0.3 is 5.97 Å². The summed E-state index contributed by atoms with van der Waals surface area (Å²) in [5.41, 5.74) is 0.228. The smallest absolute Gasteiger partial charge is 0.357 e. The molecule has 0 saturated heterocycles. The zero-order chi connectivity index (χ0) is 11.7. The van der Waals surface area contributed by atoms with Crippen LogP contribution in [0.15, 0.2) is 28.7 Å². The zero-order valence-electron chi connectivity index (χ0n) is 8.33. The largest absolute Gasteiger partial charge is 0.464 e. The van der Waals surface area contributed by atoms with Gasteiger partial charge in [0.15, 0.2) is 5.69 Å². The van der Waals surface area contributed by atoms with Gasteiger partial charge in [-0.1, -0.05) is 33.6 Å². The molecule has 0 aliphatic rings. The van der Waals surface area contributed by atoms with Crippen LogP contribution in [0.4, 0.5) is 0 Å². The van der Waals surface area contributed by atoms with Crippen molar-refractivity contribution in [1.82, 2.24) is 4.98 Å². The monoisotopic (exact) mass is 299 g/mol. The number of hydrogen-bond acceptors (Lipinski definition) is 3. The summed E-state index contributed by atoms with van der Waals surface area (Å²) in [4.78, 5) is 15.5. The van der Waals surface area contributed by atoms with E-state index in [0.29, 0.717) is 5.39 Å². The molecule has 0 aliphatic carbocycles. The Morgan fingerprint density at radius 3 is 2.88 bits per heavy atom. The fourth-order valence-electron chi connectivity index (χ4n) is 1.44. The first kappa shape index (κ1) is 11.4. The molecule has 0 fully saturated rings. The van der Waals surface area contributed by atoms with Gasteiger partial charge < -0.3 is 4.74 Å². The molecule has 0 amide bonds. The Balaban J connectivity index is 2.79. The highest BCUT2D eigenvalue weighted by atomic mass is 79.9. The van der Waals surface area contributed by atoms with Crippen LogP contribution in [0.1, 0.15) is 10.5 Å². The van der Waals surface area contributed by atoms with E-state index < -0.39 is 5.97 Å². The van der Waals surface area contributed by atoms with Crippen LogP contribution in [0.3, 0.4) is 0 Å². The Labute approximate surface area is 106 Å². The lowest BCUT2D eigenvalue weighted by Crippen LogP contribution is -2.05. The number of methoxy groups -OCH3 is 1. The standard InChI is InChI=1S/C11H7BrClNO2/c1-16-11(15)10-8-5-7(12)3-2-6(8)4-9(13)14-10/h2-5H,1H3. The lowest BCUT2D eigenvalue weighted by Gasteiger charge is -2.05. The van der Waals surface area contributed by atoms with Gasteiger partial charge in [0, 0.05) is 9.86 Å². The van der Waals surface area contributed by atoms with E-state index in [1.807, 2.05) is 18.2 Å². The lowest BCUT2D eigenvalue weighted by molar-refractivity contribution is 0.0596. The van der Waals surface area contributed by atoms with Crippen LogP contribution in [0.5, 0.6) is 0 Å². The van der Waals surface area contributed by atoms with Gasteiger partial charge in [-0.2, -0.15) is 0 Å². The minimum atomic E-state index is -0.495. The van der Waals surface area contributed by atoms with E-state index >= 15 is 0 Å². The van der Waals surface area contributed by atoms with Crippen LogP contribution in [0, 0.1) is 0 Å². The number of halogens is 2. The quantitative estimate of drug-likeness (QED) is 0.598. The maximum absolute atomic E-state index is 11.5. The van der Waals surface area contributed by atoms with Crippen molar-refractivity contribution in [2.45, 2.75) is 0 Å². The van der Waals surface area contributed by atoms with E-state index in [0.717, 1.165) is 9.86 Å². The van der Waals surface area contributed by atoms with Gasteiger partial charge in [0.05, 0.1) is 7.11 Å². The van der Waals surface area contributed by atoms with Crippen molar-refractivity contribution in [3.8, 4) is 0 Å². The Bertz CT molecular complexity index is 571. The van der Waals surface area contributed by atoms with Crippen molar-refractivity contribution in [3.63, 3.8) is 0 Å².